The molecule has 1 aliphatic carbocycles. The molecule has 2 unspecified atom stereocenters. The van der Waals surface area contributed by atoms with Crippen molar-refractivity contribution in [3.05, 3.63) is 33.9 Å². The normalized spacial score (nSPS) is 21.8. The van der Waals surface area contributed by atoms with Gasteiger partial charge < -0.3 is 29.4 Å². The van der Waals surface area contributed by atoms with E-state index in [0.717, 1.165) is 0 Å². The first-order chi connectivity index (χ1) is 15.6. The molecule has 0 fully saturated rings. The lowest BCUT2D eigenvalue weighted by atomic mass is 9.69. The summed E-state index contributed by atoms with van der Waals surface area (Å²) in [6.07, 6.45) is 1.19. The van der Waals surface area contributed by atoms with Crippen molar-refractivity contribution < 1.29 is 28.5 Å². The summed E-state index contributed by atoms with van der Waals surface area (Å²) in [6.45, 7) is 5.83. The topological polar surface area (TPSA) is 113 Å². The molecule has 2 heterocycles. The van der Waals surface area contributed by atoms with Gasteiger partial charge in [-0.05, 0) is 18.8 Å². The molecule has 0 radical (unpaired) electrons. The number of methoxy groups -OCH3 is 2. The number of nitriles is 1. The Hall–Kier alpha value is -3.05. The molecule has 2 N–H and O–H groups in total. The van der Waals surface area contributed by atoms with Gasteiger partial charge in [-0.2, -0.15) is 5.26 Å². The van der Waals surface area contributed by atoms with Crippen molar-refractivity contribution in [3.63, 3.8) is 0 Å². The minimum atomic E-state index is -0.814. The number of hydrogen-bond donors (Lipinski definition) is 1. The number of fused-ring (bicyclic) bond motifs is 1. The number of allylic oxidation sites excluding steroid dienone is 3. The molecule has 8 nitrogen and oxygen atoms in total. The van der Waals surface area contributed by atoms with Crippen LogP contribution in [0.5, 0.6) is 23.0 Å². The fraction of sp³-hybridized carbons (Fsp3) is 0.500. The number of ketones is 1. The Morgan fingerprint density at radius 2 is 1.85 bits per heavy atom. The van der Waals surface area contributed by atoms with Crippen LogP contribution in [0.3, 0.4) is 0 Å². The molecule has 4 rings (SSSR count). The zero-order chi connectivity index (χ0) is 24.1. The van der Waals surface area contributed by atoms with Crippen LogP contribution in [-0.2, 0) is 16.0 Å². The average molecular weight is 475 g/mol. The van der Waals surface area contributed by atoms with Crippen LogP contribution in [0.1, 0.15) is 50.7 Å². The first-order valence-electron chi connectivity index (χ1n) is 10.7. The van der Waals surface area contributed by atoms with Crippen LogP contribution in [0, 0.1) is 16.7 Å². The molecule has 2 atom stereocenters. The second-order valence-corrected chi connectivity index (χ2v) is 9.96. The SMILES string of the molecule is COc1c(CC(C)Cl)c(C2C(C#N)=C(N)OC3=C2C(=O)CC(C)(C)C3)c(OC)c2c1OCO2. The van der Waals surface area contributed by atoms with E-state index < -0.39 is 5.92 Å². The molecule has 33 heavy (non-hydrogen) atoms. The maximum atomic E-state index is 13.5. The lowest BCUT2D eigenvalue weighted by molar-refractivity contribution is -0.119. The lowest BCUT2D eigenvalue weighted by Crippen LogP contribution is -2.34. The molecule has 1 aromatic rings. The number of rotatable bonds is 5. The van der Waals surface area contributed by atoms with Crippen molar-refractivity contribution in [1.29, 1.82) is 5.26 Å². The van der Waals surface area contributed by atoms with E-state index in [2.05, 4.69) is 6.07 Å². The summed E-state index contributed by atoms with van der Waals surface area (Å²) in [5.74, 6) is 1.06. The van der Waals surface area contributed by atoms with Gasteiger partial charge in [0.05, 0.1) is 20.1 Å². The van der Waals surface area contributed by atoms with Gasteiger partial charge in [0.1, 0.15) is 17.4 Å². The summed E-state index contributed by atoms with van der Waals surface area (Å²) in [7, 11) is 3.02. The van der Waals surface area contributed by atoms with E-state index in [9.17, 15) is 10.1 Å². The van der Waals surface area contributed by atoms with Crippen LogP contribution in [0.2, 0.25) is 0 Å². The van der Waals surface area contributed by atoms with E-state index in [1.807, 2.05) is 20.8 Å². The van der Waals surface area contributed by atoms with Crippen molar-refractivity contribution in [2.45, 2.75) is 51.3 Å². The van der Waals surface area contributed by atoms with Crippen molar-refractivity contribution in [3.8, 4) is 29.1 Å². The molecule has 176 valence electrons. The number of hydrogen-bond acceptors (Lipinski definition) is 8. The first kappa shape index (κ1) is 23.1. The molecule has 1 aromatic carbocycles. The molecule has 0 spiro atoms. The summed E-state index contributed by atoms with van der Waals surface area (Å²) in [5, 5.41) is 9.78. The summed E-state index contributed by atoms with van der Waals surface area (Å²) in [4.78, 5) is 13.5. The summed E-state index contributed by atoms with van der Waals surface area (Å²) in [5.41, 5.74) is 7.67. The Morgan fingerprint density at radius 3 is 2.42 bits per heavy atom. The number of carbonyl (C=O) groups is 1. The quantitative estimate of drug-likeness (QED) is 0.636. The summed E-state index contributed by atoms with van der Waals surface area (Å²) < 4.78 is 28.8. The van der Waals surface area contributed by atoms with Gasteiger partial charge in [-0.3, -0.25) is 4.79 Å². The van der Waals surface area contributed by atoms with Gasteiger partial charge in [-0.25, -0.2) is 0 Å². The number of halogens is 1. The third-order valence-corrected chi connectivity index (χ3v) is 6.28. The Labute approximate surface area is 197 Å². The highest BCUT2D eigenvalue weighted by Crippen LogP contribution is 2.58. The zero-order valence-corrected chi connectivity index (χ0v) is 20.1. The second-order valence-electron chi connectivity index (χ2n) is 9.21. The van der Waals surface area contributed by atoms with Crippen LogP contribution >= 0.6 is 11.6 Å². The van der Waals surface area contributed by atoms with Gasteiger partial charge in [0.15, 0.2) is 17.3 Å². The molecule has 0 bridgehead atoms. The second kappa shape index (κ2) is 8.38. The van der Waals surface area contributed by atoms with Gasteiger partial charge in [-0.1, -0.05) is 13.8 Å². The summed E-state index contributed by atoms with van der Waals surface area (Å²) >= 11 is 6.43. The van der Waals surface area contributed by atoms with Crippen LogP contribution in [0.15, 0.2) is 22.8 Å². The zero-order valence-electron chi connectivity index (χ0n) is 19.3. The molecule has 0 saturated heterocycles. The lowest BCUT2D eigenvalue weighted by Gasteiger charge is -2.38. The van der Waals surface area contributed by atoms with Crippen molar-refractivity contribution in [1.82, 2.24) is 0 Å². The number of Topliss-reactive ketones (excluding diaryl/α,β-unsaturated/α-hetero) is 1. The standard InChI is InChI=1S/C24H27ClN2O6/c1-11(25)6-12-17(20(30-5)22-21(19(12)29-4)31-10-32-22)16-13(9-26)23(27)33-15-8-24(2,3)7-14(28)18(15)16/h11,16H,6-8,10,27H2,1-5H3. The molecule has 0 amide bonds. The van der Waals surface area contributed by atoms with E-state index in [1.165, 1.54) is 14.2 Å². The van der Waals surface area contributed by atoms with Gasteiger partial charge in [0, 0.05) is 34.9 Å². The fourth-order valence-corrected chi connectivity index (χ4v) is 5.07. The van der Waals surface area contributed by atoms with Gasteiger partial charge in [-0.15, -0.1) is 11.6 Å². The first-order valence-corrected chi connectivity index (χ1v) is 11.1. The Kier molecular flexibility index (Phi) is 5.87. The number of nitrogens with two attached hydrogens (primary N) is 1. The van der Waals surface area contributed by atoms with E-state index >= 15 is 0 Å². The van der Waals surface area contributed by atoms with E-state index in [1.54, 1.807) is 0 Å². The van der Waals surface area contributed by atoms with Crippen LogP contribution in [0.25, 0.3) is 0 Å². The Morgan fingerprint density at radius 1 is 1.21 bits per heavy atom. The minimum absolute atomic E-state index is 0.0146. The largest absolute Gasteiger partial charge is 0.492 e. The number of alkyl halides is 1. The third-order valence-electron chi connectivity index (χ3n) is 6.13. The van der Waals surface area contributed by atoms with Gasteiger partial charge in [0.2, 0.25) is 24.2 Å². The maximum Gasteiger partial charge on any atom is 0.231 e. The van der Waals surface area contributed by atoms with Crippen molar-refractivity contribution >= 4 is 17.4 Å². The van der Waals surface area contributed by atoms with E-state index in [4.69, 9.17) is 41.0 Å². The van der Waals surface area contributed by atoms with Crippen LogP contribution in [-0.4, -0.2) is 32.2 Å². The molecule has 0 aromatic heterocycles. The molecular weight excluding hydrogens is 448 g/mol. The maximum absolute atomic E-state index is 13.5. The molecule has 0 saturated carbocycles. The monoisotopic (exact) mass is 474 g/mol. The number of nitrogens with zero attached hydrogens (tertiary/aromatic N) is 1. The van der Waals surface area contributed by atoms with E-state index in [-0.39, 0.29) is 34.8 Å². The molecular formula is C24H27ClN2O6. The third kappa shape index (κ3) is 3.74. The minimum Gasteiger partial charge on any atom is -0.492 e. The average Bonchev–Trinajstić information content (AvgIpc) is 3.19. The highest BCUT2D eigenvalue weighted by molar-refractivity contribution is 6.20. The Bertz CT molecular complexity index is 1130. The highest BCUT2D eigenvalue weighted by Gasteiger charge is 2.46. The fourth-order valence-electron chi connectivity index (χ4n) is 4.92. The van der Waals surface area contributed by atoms with Crippen molar-refractivity contribution in [2.75, 3.05) is 21.0 Å². The molecule has 2 aliphatic heterocycles. The smallest absolute Gasteiger partial charge is 0.231 e. The number of carbonyl (C=O) groups excluding carboxylic acids is 1. The molecule has 9 heteroatoms. The van der Waals surface area contributed by atoms with Gasteiger partial charge in [0.25, 0.3) is 0 Å². The predicted molar refractivity (Wildman–Crippen MR) is 120 cm³/mol. The number of ether oxygens (including phenoxy) is 5. The van der Waals surface area contributed by atoms with Crippen LogP contribution < -0.4 is 24.7 Å². The predicted octanol–water partition coefficient (Wildman–Crippen LogP) is 4.05. The van der Waals surface area contributed by atoms with E-state index in [0.29, 0.717) is 64.7 Å². The highest BCUT2D eigenvalue weighted by atomic mass is 35.5. The molecule has 3 aliphatic rings. The van der Waals surface area contributed by atoms with Gasteiger partial charge >= 0.3 is 0 Å². The van der Waals surface area contributed by atoms with Crippen LogP contribution in [0.4, 0.5) is 0 Å². The number of benzene rings is 1. The van der Waals surface area contributed by atoms with Crippen molar-refractivity contribution in [2.24, 2.45) is 11.1 Å². The summed E-state index contributed by atoms with van der Waals surface area (Å²) in [6, 6.07) is 2.16. The Balaban J connectivity index is 2.09.